The maximum atomic E-state index is 13.6. The third-order valence-electron chi connectivity index (χ3n) is 3.24. The Kier molecular flexibility index (Phi) is 4.77. The van der Waals surface area contributed by atoms with Crippen molar-refractivity contribution in [1.82, 2.24) is 9.97 Å². The van der Waals surface area contributed by atoms with Crippen LogP contribution in [0.15, 0.2) is 54.7 Å². The third kappa shape index (κ3) is 3.72. The number of thiazole rings is 1. The van der Waals surface area contributed by atoms with Crippen LogP contribution in [0.1, 0.15) is 20.9 Å². The van der Waals surface area contributed by atoms with Crippen molar-refractivity contribution < 1.29 is 9.18 Å². The number of carbonyl (C=O) groups excluding carboxylic acids is 1. The molecular weight excluding hydrogens is 325 g/mol. The van der Waals surface area contributed by atoms with E-state index in [-0.39, 0.29) is 11.6 Å². The molecule has 0 aliphatic carbocycles. The smallest absolute Gasteiger partial charge is 0.197 e. The first-order chi connectivity index (χ1) is 11.6. The van der Waals surface area contributed by atoms with Gasteiger partial charge < -0.3 is 5.32 Å². The Hall–Kier alpha value is -2.86. The van der Waals surface area contributed by atoms with E-state index in [1.165, 1.54) is 29.6 Å². The average molecular weight is 339 g/mol. The SMILES string of the molecule is Cc1nc(Nc2ccccn2)sc1C(=O)/C=C/c1ccccc1F. The summed E-state index contributed by atoms with van der Waals surface area (Å²) in [5.74, 6) is 0.0922. The summed E-state index contributed by atoms with van der Waals surface area (Å²) in [6.45, 7) is 1.77. The number of hydrogen-bond donors (Lipinski definition) is 1. The second-order valence-corrected chi connectivity index (χ2v) is 5.99. The molecule has 0 aliphatic heterocycles. The lowest BCUT2D eigenvalue weighted by Crippen LogP contribution is -1.93. The van der Waals surface area contributed by atoms with Crippen LogP contribution in [0.3, 0.4) is 0 Å². The number of rotatable bonds is 5. The standard InChI is InChI=1S/C18H14FN3OS/c1-12-17(15(23)10-9-13-6-2-3-7-14(13)19)24-18(21-12)22-16-8-4-5-11-20-16/h2-11H,1H3,(H,20,21,22)/b10-9+. The van der Waals surface area contributed by atoms with Gasteiger partial charge in [-0.05, 0) is 37.3 Å². The minimum Gasteiger partial charge on any atom is -0.316 e. The van der Waals surface area contributed by atoms with Gasteiger partial charge in [0.1, 0.15) is 11.6 Å². The van der Waals surface area contributed by atoms with Crippen LogP contribution in [0.5, 0.6) is 0 Å². The first-order valence-electron chi connectivity index (χ1n) is 7.26. The molecule has 0 radical (unpaired) electrons. The number of nitrogens with zero attached hydrogens (tertiary/aromatic N) is 2. The second-order valence-electron chi connectivity index (χ2n) is 4.99. The van der Waals surface area contributed by atoms with E-state index >= 15 is 0 Å². The lowest BCUT2D eigenvalue weighted by atomic mass is 10.1. The van der Waals surface area contributed by atoms with Crippen LogP contribution in [-0.4, -0.2) is 15.8 Å². The number of aryl methyl sites for hydroxylation is 1. The zero-order valence-electron chi connectivity index (χ0n) is 12.9. The van der Waals surface area contributed by atoms with Crippen molar-refractivity contribution in [2.45, 2.75) is 6.92 Å². The Morgan fingerprint density at radius 3 is 2.75 bits per heavy atom. The topological polar surface area (TPSA) is 54.9 Å². The van der Waals surface area contributed by atoms with E-state index in [2.05, 4.69) is 15.3 Å². The van der Waals surface area contributed by atoms with Gasteiger partial charge in [0.25, 0.3) is 0 Å². The van der Waals surface area contributed by atoms with E-state index in [1.807, 2.05) is 18.2 Å². The van der Waals surface area contributed by atoms with Crippen LogP contribution in [-0.2, 0) is 0 Å². The van der Waals surface area contributed by atoms with Crippen LogP contribution >= 0.6 is 11.3 Å². The molecule has 24 heavy (non-hydrogen) atoms. The van der Waals surface area contributed by atoms with Gasteiger partial charge in [-0.1, -0.05) is 35.6 Å². The fourth-order valence-corrected chi connectivity index (χ4v) is 2.97. The fourth-order valence-electron chi connectivity index (χ4n) is 2.08. The van der Waals surface area contributed by atoms with Gasteiger partial charge in [0, 0.05) is 11.8 Å². The Balaban J connectivity index is 1.77. The zero-order chi connectivity index (χ0) is 16.9. The zero-order valence-corrected chi connectivity index (χ0v) is 13.7. The van der Waals surface area contributed by atoms with Crippen molar-refractivity contribution in [2.75, 3.05) is 5.32 Å². The number of hydrogen-bond acceptors (Lipinski definition) is 5. The molecule has 1 N–H and O–H groups in total. The van der Waals surface area contributed by atoms with Gasteiger partial charge in [0.2, 0.25) is 0 Å². The number of halogens is 1. The largest absolute Gasteiger partial charge is 0.316 e. The van der Waals surface area contributed by atoms with Crippen molar-refractivity contribution >= 4 is 34.1 Å². The molecule has 0 fully saturated rings. The summed E-state index contributed by atoms with van der Waals surface area (Å²) in [6.07, 6.45) is 4.51. The average Bonchev–Trinajstić information content (AvgIpc) is 2.95. The molecule has 3 aromatic rings. The molecule has 0 saturated heterocycles. The Morgan fingerprint density at radius 1 is 1.21 bits per heavy atom. The highest BCUT2D eigenvalue weighted by atomic mass is 32.1. The molecule has 0 saturated carbocycles. The molecule has 0 amide bonds. The normalized spacial score (nSPS) is 10.9. The van der Waals surface area contributed by atoms with E-state index in [0.717, 1.165) is 0 Å². The van der Waals surface area contributed by atoms with E-state index in [4.69, 9.17) is 0 Å². The number of nitrogens with one attached hydrogen (secondary N) is 1. The number of aromatic nitrogens is 2. The lowest BCUT2D eigenvalue weighted by Gasteiger charge is -1.98. The predicted molar refractivity (Wildman–Crippen MR) is 94.1 cm³/mol. The minimum atomic E-state index is -0.361. The van der Waals surface area contributed by atoms with Crippen LogP contribution in [0.25, 0.3) is 6.08 Å². The van der Waals surface area contributed by atoms with Crippen molar-refractivity contribution in [3.8, 4) is 0 Å². The minimum absolute atomic E-state index is 0.206. The van der Waals surface area contributed by atoms with Gasteiger partial charge in [-0.15, -0.1) is 0 Å². The van der Waals surface area contributed by atoms with Gasteiger partial charge >= 0.3 is 0 Å². The molecule has 0 unspecified atom stereocenters. The number of allylic oxidation sites excluding steroid dienone is 1. The highest BCUT2D eigenvalue weighted by Crippen LogP contribution is 2.26. The predicted octanol–water partition coefficient (Wildman–Crippen LogP) is 4.63. The van der Waals surface area contributed by atoms with Gasteiger partial charge in [0.05, 0.1) is 10.6 Å². The highest BCUT2D eigenvalue weighted by molar-refractivity contribution is 7.17. The summed E-state index contributed by atoms with van der Waals surface area (Å²) in [6, 6.07) is 11.8. The first-order valence-corrected chi connectivity index (χ1v) is 8.07. The van der Waals surface area contributed by atoms with E-state index in [1.54, 1.807) is 31.3 Å². The quantitative estimate of drug-likeness (QED) is 0.544. The molecule has 0 aliphatic rings. The maximum Gasteiger partial charge on any atom is 0.197 e. The van der Waals surface area contributed by atoms with Crippen LogP contribution in [0.4, 0.5) is 15.3 Å². The van der Waals surface area contributed by atoms with Gasteiger partial charge in [0.15, 0.2) is 10.9 Å². The fraction of sp³-hybridized carbons (Fsp3) is 0.0556. The molecule has 0 atom stereocenters. The first kappa shape index (κ1) is 16.0. The van der Waals surface area contributed by atoms with Crippen LogP contribution in [0.2, 0.25) is 0 Å². The molecule has 120 valence electrons. The molecule has 2 aromatic heterocycles. The molecule has 6 heteroatoms. The summed E-state index contributed by atoms with van der Waals surface area (Å²) in [5, 5.41) is 3.65. The molecule has 3 rings (SSSR count). The number of benzene rings is 1. The number of pyridine rings is 1. The number of anilines is 2. The van der Waals surface area contributed by atoms with Gasteiger partial charge in [-0.25, -0.2) is 14.4 Å². The summed E-state index contributed by atoms with van der Waals surface area (Å²) in [5.41, 5.74) is 1.00. The molecule has 4 nitrogen and oxygen atoms in total. The maximum absolute atomic E-state index is 13.6. The van der Waals surface area contributed by atoms with Crippen molar-refractivity contribution in [2.24, 2.45) is 0 Å². The molecule has 1 aromatic carbocycles. The van der Waals surface area contributed by atoms with Crippen LogP contribution in [0, 0.1) is 12.7 Å². The number of ketones is 1. The van der Waals surface area contributed by atoms with E-state index < -0.39 is 0 Å². The van der Waals surface area contributed by atoms with Crippen LogP contribution < -0.4 is 5.32 Å². The van der Waals surface area contributed by atoms with Crippen molar-refractivity contribution in [3.63, 3.8) is 0 Å². The number of carbonyl (C=O) groups is 1. The molecule has 0 bridgehead atoms. The van der Waals surface area contributed by atoms with Crippen molar-refractivity contribution in [1.29, 1.82) is 0 Å². The summed E-state index contributed by atoms with van der Waals surface area (Å²) < 4.78 is 13.6. The highest BCUT2D eigenvalue weighted by Gasteiger charge is 2.13. The molecule has 0 spiro atoms. The van der Waals surface area contributed by atoms with Gasteiger partial charge in [-0.2, -0.15) is 0 Å². The summed E-state index contributed by atoms with van der Waals surface area (Å²) in [7, 11) is 0. The monoisotopic (exact) mass is 339 g/mol. The molecular formula is C18H14FN3OS. The van der Waals surface area contributed by atoms with E-state index in [9.17, 15) is 9.18 Å². The summed E-state index contributed by atoms with van der Waals surface area (Å²) in [4.78, 5) is 21.3. The summed E-state index contributed by atoms with van der Waals surface area (Å²) >= 11 is 1.25. The second kappa shape index (κ2) is 7.14. The van der Waals surface area contributed by atoms with Crippen molar-refractivity contribution in [3.05, 3.63) is 76.7 Å². The third-order valence-corrected chi connectivity index (χ3v) is 4.33. The molecule has 2 heterocycles. The van der Waals surface area contributed by atoms with E-state index in [0.29, 0.717) is 27.1 Å². The Bertz CT molecular complexity index is 890. The Labute approximate surface area is 142 Å². The Morgan fingerprint density at radius 2 is 2.00 bits per heavy atom. The lowest BCUT2D eigenvalue weighted by molar-refractivity contribution is 0.105. The van der Waals surface area contributed by atoms with Gasteiger partial charge in [-0.3, -0.25) is 4.79 Å².